The molecule has 0 aromatic heterocycles. The van der Waals surface area contributed by atoms with Crippen molar-refractivity contribution in [1.29, 1.82) is 0 Å². The molecule has 0 unspecified atom stereocenters. The summed E-state index contributed by atoms with van der Waals surface area (Å²) in [6.45, 7) is 2.20. The lowest BCUT2D eigenvalue weighted by atomic mass is 10.0. The number of benzene rings is 2. The van der Waals surface area contributed by atoms with E-state index in [0.717, 1.165) is 6.42 Å². The van der Waals surface area contributed by atoms with Gasteiger partial charge in [0, 0.05) is 0 Å². The summed E-state index contributed by atoms with van der Waals surface area (Å²) in [4.78, 5) is 0. The fourth-order valence-electron chi connectivity index (χ4n) is 2.24. The molecule has 0 amide bonds. The highest BCUT2D eigenvalue weighted by molar-refractivity contribution is 5.22. The predicted octanol–water partition coefficient (Wildman–Crippen LogP) is 4.81. The molecule has 2 aromatic rings. The summed E-state index contributed by atoms with van der Waals surface area (Å²) in [6.07, 6.45) is 6.10. The first-order valence-electron chi connectivity index (χ1n) is 7.00. The van der Waals surface area contributed by atoms with Crippen LogP contribution in [0.2, 0.25) is 0 Å². The minimum atomic E-state index is 1.13. The van der Waals surface area contributed by atoms with Gasteiger partial charge in [0.25, 0.3) is 0 Å². The molecule has 0 fully saturated rings. The molecule has 0 nitrogen and oxygen atoms in total. The van der Waals surface area contributed by atoms with Gasteiger partial charge in [-0.05, 0) is 48.8 Å². The molecule has 0 saturated carbocycles. The lowest BCUT2D eigenvalue weighted by Gasteiger charge is -2.03. The van der Waals surface area contributed by atoms with Crippen molar-refractivity contribution in [2.24, 2.45) is 0 Å². The second-order valence-electron chi connectivity index (χ2n) is 4.86. The Bertz CT molecular complexity index is 439. The van der Waals surface area contributed by atoms with E-state index in [1.165, 1.54) is 42.4 Å². The third kappa shape index (κ3) is 4.03. The van der Waals surface area contributed by atoms with E-state index >= 15 is 0 Å². The average Bonchev–Trinajstić information content (AvgIpc) is 2.45. The fourth-order valence-corrected chi connectivity index (χ4v) is 2.24. The van der Waals surface area contributed by atoms with Crippen molar-refractivity contribution in [2.75, 3.05) is 0 Å². The van der Waals surface area contributed by atoms with Crippen molar-refractivity contribution in [2.45, 2.75) is 39.0 Å². The molecule has 0 aliphatic rings. The number of hydrogen-bond donors (Lipinski definition) is 0. The van der Waals surface area contributed by atoms with Gasteiger partial charge in [-0.2, -0.15) is 0 Å². The van der Waals surface area contributed by atoms with Gasteiger partial charge in [-0.25, -0.2) is 0 Å². The molecule has 0 bridgehead atoms. The van der Waals surface area contributed by atoms with E-state index in [-0.39, 0.29) is 0 Å². The first-order valence-corrected chi connectivity index (χ1v) is 7.00. The van der Waals surface area contributed by atoms with Crippen molar-refractivity contribution in [3.8, 4) is 0 Å². The van der Waals surface area contributed by atoms with Crippen LogP contribution in [0, 0.1) is 0 Å². The molecule has 0 saturated heterocycles. The standard InChI is InChI=1S/C18H22/c1-2-16-12-14-18(15-13-16)11-7-6-10-17-8-4-3-5-9-17/h3-5,8-9,12-15H,2,6-7,10-11H2,1H3. The van der Waals surface area contributed by atoms with Crippen LogP contribution in [0.5, 0.6) is 0 Å². The number of unbranched alkanes of at least 4 members (excludes halogenated alkanes) is 1. The summed E-state index contributed by atoms with van der Waals surface area (Å²) in [5.74, 6) is 0. The van der Waals surface area contributed by atoms with Gasteiger partial charge in [-0.3, -0.25) is 0 Å². The second kappa shape index (κ2) is 7.00. The van der Waals surface area contributed by atoms with Crippen molar-refractivity contribution >= 4 is 0 Å². The molecular weight excluding hydrogens is 216 g/mol. The maximum Gasteiger partial charge on any atom is -0.0279 e. The van der Waals surface area contributed by atoms with Crippen molar-refractivity contribution in [1.82, 2.24) is 0 Å². The Morgan fingerprint density at radius 1 is 0.611 bits per heavy atom. The van der Waals surface area contributed by atoms with Crippen LogP contribution in [0.4, 0.5) is 0 Å². The first-order chi connectivity index (χ1) is 8.88. The minimum Gasteiger partial charge on any atom is -0.0622 e. The van der Waals surface area contributed by atoms with E-state index in [9.17, 15) is 0 Å². The van der Waals surface area contributed by atoms with Gasteiger partial charge >= 0.3 is 0 Å². The third-order valence-corrected chi connectivity index (χ3v) is 3.45. The van der Waals surface area contributed by atoms with E-state index in [0.29, 0.717) is 0 Å². The highest BCUT2D eigenvalue weighted by atomic mass is 14.0. The van der Waals surface area contributed by atoms with E-state index in [2.05, 4.69) is 61.5 Å². The van der Waals surface area contributed by atoms with Crippen LogP contribution in [0.15, 0.2) is 54.6 Å². The van der Waals surface area contributed by atoms with Gasteiger partial charge in [-0.1, -0.05) is 61.5 Å². The van der Waals surface area contributed by atoms with E-state index in [1.807, 2.05) is 0 Å². The SMILES string of the molecule is CCc1ccc(CCCCc2ccccc2)cc1. The van der Waals surface area contributed by atoms with Crippen molar-refractivity contribution in [3.63, 3.8) is 0 Å². The summed E-state index contributed by atoms with van der Waals surface area (Å²) < 4.78 is 0. The molecule has 2 aromatic carbocycles. The van der Waals surface area contributed by atoms with Gasteiger partial charge < -0.3 is 0 Å². The first kappa shape index (κ1) is 12.9. The molecule has 0 N–H and O–H groups in total. The van der Waals surface area contributed by atoms with Crippen LogP contribution >= 0.6 is 0 Å². The zero-order valence-electron chi connectivity index (χ0n) is 11.2. The molecule has 94 valence electrons. The Morgan fingerprint density at radius 3 is 1.67 bits per heavy atom. The van der Waals surface area contributed by atoms with Gasteiger partial charge in [0.15, 0.2) is 0 Å². The normalized spacial score (nSPS) is 10.5. The quantitative estimate of drug-likeness (QED) is 0.633. The van der Waals surface area contributed by atoms with E-state index < -0.39 is 0 Å². The van der Waals surface area contributed by atoms with Crippen LogP contribution in [-0.4, -0.2) is 0 Å². The molecule has 0 aliphatic heterocycles. The smallest absolute Gasteiger partial charge is 0.0279 e. The molecule has 0 heteroatoms. The van der Waals surface area contributed by atoms with Gasteiger partial charge in [0.1, 0.15) is 0 Å². The van der Waals surface area contributed by atoms with Crippen LogP contribution < -0.4 is 0 Å². The van der Waals surface area contributed by atoms with Crippen molar-refractivity contribution in [3.05, 3.63) is 71.3 Å². The van der Waals surface area contributed by atoms with Gasteiger partial charge in [-0.15, -0.1) is 0 Å². The average molecular weight is 238 g/mol. The predicted molar refractivity (Wildman–Crippen MR) is 78.9 cm³/mol. The summed E-state index contributed by atoms with van der Waals surface area (Å²) in [7, 11) is 0. The van der Waals surface area contributed by atoms with E-state index in [4.69, 9.17) is 0 Å². The Hall–Kier alpha value is -1.56. The highest BCUT2D eigenvalue weighted by Crippen LogP contribution is 2.10. The third-order valence-electron chi connectivity index (χ3n) is 3.45. The zero-order valence-corrected chi connectivity index (χ0v) is 11.2. The van der Waals surface area contributed by atoms with Gasteiger partial charge in [0.05, 0.1) is 0 Å². The molecule has 0 heterocycles. The maximum atomic E-state index is 2.28. The summed E-state index contributed by atoms with van der Waals surface area (Å²) in [5, 5.41) is 0. The molecule has 2 rings (SSSR count). The number of rotatable bonds is 6. The highest BCUT2D eigenvalue weighted by Gasteiger charge is 1.96. The summed E-state index contributed by atoms with van der Waals surface area (Å²) >= 11 is 0. The van der Waals surface area contributed by atoms with Crippen LogP contribution in [0.3, 0.4) is 0 Å². The lowest BCUT2D eigenvalue weighted by Crippen LogP contribution is -1.90. The molecule has 0 radical (unpaired) electrons. The number of aryl methyl sites for hydroxylation is 3. The van der Waals surface area contributed by atoms with Crippen molar-refractivity contribution < 1.29 is 0 Å². The van der Waals surface area contributed by atoms with Crippen LogP contribution in [0.25, 0.3) is 0 Å². The Kier molecular flexibility index (Phi) is 5.01. The molecule has 0 atom stereocenters. The topological polar surface area (TPSA) is 0 Å². The summed E-state index contributed by atoms with van der Waals surface area (Å²) in [6, 6.07) is 19.8. The zero-order chi connectivity index (χ0) is 12.6. The van der Waals surface area contributed by atoms with Crippen LogP contribution in [0.1, 0.15) is 36.5 Å². The largest absolute Gasteiger partial charge is 0.0622 e. The maximum absolute atomic E-state index is 2.28. The van der Waals surface area contributed by atoms with E-state index in [1.54, 1.807) is 0 Å². The monoisotopic (exact) mass is 238 g/mol. The minimum absolute atomic E-state index is 1.13. The fraction of sp³-hybridized carbons (Fsp3) is 0.333. The lowest BCUT2D eigenvalue weighted by molar-refractivity contribution is 0.734. The summed E-state index contributed by atoms with van der Waals surface area (Å²) in [5.41, 5.74) is 4.36. The molecular formula is C18H22. The number of hydrogen-bond acceptors (Lipinski definition) is 0. The second-order valence-corrected chi connectivity index (χ2v) is 4.86. The van der Waals surface area contributed by atoms with Gasteiger partial charge in [0.2, 0.25) is 0 Å². The Labute approximate surface area is 111 Å². The Balaban J connectivity index is 1.72. The Morgan fingerprint density at radius 2 is 1.11 bits per heavy atom. The molecule has 0 aliphatic carbocycles. The van der Waals surface area contributed by atoms with Crippen LogP contribution in [-0.2, 0) is 19.3 Å². The molecule has 18 heavy (non-hydrogen) atoms. The molecule has 0 spiro atoms.